The van der Waals surface area contributed by atoms with Gasteiger partial charge in [-0.2, -0.15) is 0 Å². The molecule has 2 N–H and O–H groups in total. The Morgan fingerprint density at radius 2 is 1.91 bits per heavy atom. The van der Waals surface area contributed by atoms with E-state index in [0.717, 1.165) is 6.07 Å². The smallest absolute Gasteiger partial charge is 0.335 e. The fourth-order valence-electron chi connectivity index (χ4n) is 1.80. The van der Waals surface area contributed by atoms with Gasteiger partial charge < -0.3 is 5.11 Å². The van der Waals surface area contributed by atoms with Crippen molar-refractivity contribution in [2.45, 2.75) is 11.8 Å². The van der Waals surface area contributed by atoms with E-state index in [9.17, 15) is 13.2 Å². The van der Waals surface area contributed by atoms with Crippen LogP contribution in [0.5, 0.6) is 0 Å². The van der Waals surface area contributed by atoms with Crippen molar-refractivity contribution in [3.63, 3.8) is 0 Å². The maximum absolute atomic E-state index is 12.5. The number of halogens is 2. The first-order chi connectivity index (χ1) is 10.2. The van der Waals surface area contributed by atoms with E-state index >= 15 is 0 Å². The third-order valence-corrected chi connectivity index (χ3v) is 5.57. The summed E-state index contributed by atoms with van der Waals surface area (Å²) in [5.74, 6) is -1.22. The van der Waals surface area contributed by atoms with E-state index in [1.807, 2.05) is 0 Å². The Morgan fingerprint density at radius 1 is 1.27 bits per heavy atom. The van der Waals surface area contributed by atoms with Gasteiger partial charge in [-0.1, -0.05) is 23.7 Å². The molecule has 0 unspecified atom stereocenters. The van der Waals surface area contributed by atoms with E-state index < -0.39 is 16.0 Å². The second-order valence-corrected chi connectivity index (χ2v) is 7.38. The van der Waals surface area contributed by atoms with Crippen molar-refractivity contribution in [3.8, 4) is 0 Å². The third-order valence-electron chi connectivity index (χ3n) is 2.88. The van der Waals surface area contributed by atoms with Crippen LogP contribution < -0.4 is 4.72 Å². The Labute approximate surface area is 141 Å². The minimum Gasteiger partial charge on any atom is -0.478 e. The number of hydrogen-bond donors (Lipinski definition) is 2. The number of benzene rings is 2. The molecular formula is C14H11BrClNO4S. The number of sulfonamides is 1. The number of carboxylic acid groups (broad SMARTS) is 1. The maximum atomic E-state index is 12.5. The molecule has 0 saturated heterocycles. The zero-order valence-corrected chi connectivity index (χ0v) is 14.5. The molecule has 0 fully saturated rings. The van der Waals surface area contributed by atoms with Crippen LogP contribution in [0.2, 0.25) is 5.02 Å². The summed E-state index contributed by atoms with van der Waals surface area (Å²) in [6, 6.07) is 9.02. The van der Waals surface area contributed by atoms with E-state index in [1.165, 1.54) is 6.07 Å². The molecule has 0 heterocycles. The third kappa shape index (κ3) is 3.43. The van der Waals surface area contributed by atoms with Crippen molar-refractivity contribution in [2.24, 2.45) is 0 Å². The minimum absolute atomic E-state index is 0.00967. The van der Waals surface area contributed by atoms with Crippen LogP contribution in [0.15, 0.2) is 45.8 Å². The lowest BCUT2D eigenvalue weighted by Crippen LogP contribution is -2.15. The molecule has 0 saturated carbocycles. The Hall–Kier alpha value is -1.57. The van der Waals surface area contributed by atoms with Gasteiger partial charge in [0.15, 0.2) is 0 Å². The molecule has 0 aliphatic rings. The molecule has 0 bridgehead atoms. The number of rotatable bonds is 4. The lowest BCUT2D eigenvalue weighted by Gasteiger charge is -2.13. The van der Waals surface area contributed by atoms with Gasteiger partial charge in [-0.3, -0.25) is 4.72 Å². The van der Waals surface area contributed by atoms with Crippen LogP contribution in [0, 0.1) is 6.92 Å². The van der Waals surface area contributed by atoms with Crippen LogP contribution in [-0.4, -0.2) is 19.5 Å². The summed E-state index contributed by atoms with van der Waals surface area (Å²) < 4.78 is 27.9. The summed E-state index contributed by atoms with van der Waals surface area (Å²) in [5.41, 5.74) is 0.556. The SMILES string of the molecule is Cc1cc(C(=O)O)cc(S(=O)(=O)Nc2ccccc2Br)c1Cl. The number of carboxylic acids is 1. The van der Waals surface area contributed by atoms with Crippen molar-refractivity contribution in [2.75, 3.05) is 4.72 Å². The van der Waals surface area contributed by atoms with Crippen LogP contribution >= 0.6 is 27.5 Å². The van der Waals surface area contributed by atoms with E-state index in [4.69, 9.17) is 16.7 Å². The fourth-order valence-corrected chi connectivity index (χ4v) is 3.99. The maximum Gasteiger partial charge on any atom is 0.335 e. The number of carbonyl (C=O) groups is 1. The number of aryl methyl sites for hydroxylation is 1. The Kier molecular flexibility index (Phi) is 4.79. The predicted molar refractivity (Wildman–Crippen MR) is 88.1 cm³/mol. The normalized spacial score (nSPS) is 11.2. The van der Waals surface area contributed by atoms with Crippen LogP contribution in [0.1, 0.15) is 15.9 Å². The van der Waals surface area contributed by atoms with Crippen molar-refractivity contribution in [3.05, 3.63) is 57.0 Å². The lowest BCUT2D eigenvalue weighted by atomic mass is 10.1. The molecule has 8 heteroatoms. The average molecular weight is 405 g/mol. The van der Waals surface area contributed by atoms with Crippen molar-refractivity contribution in [1.82, 2.24) is 0 Å². The zero-order valence-electron chi connectivity index (χ0n) is 11.3. The Balaban J connectivity index is 2.54. The number of para-hydroxylation sites is 1. The van der Waals surface area contributed by atoms with Gasteiger partial charge in [-0.25, -0.2) is 13.2 Å². The molecular weight excluding hydrogens is 394 g/mol. The lowest BCUT2D eigenvalue weighted by molar-refractivity contribution is 0.0696. The highest BCUT2D eigenvalue weighted by atomic mass is 79.9. The van der Waals surface area contributed by atoms with E-state index in [-0.39, 0.29) is 15.5 Å². The molecule has 0 spiro atoms. The number of aromatic carboxylic acids is 1. The van der Waals surface area contributed by atoms with Gasteiger partial charge in [0.05, 0.1) is 16.3 Å². The van der Waals surface area contributed by atoms with Crippen LogP contribution in [0.4, 0.5) is 5.69 Å². The molecule has 2 aromatic carbocycles. The molecule has 0 atom stereocenters. The highest BCUT2D eigenvalue weighted by Crippen LogP contribution is 2.30. The highest BCUT2D eigenvalue weighted by Gasteiger charge is 2.22. The summed E-state index contributed by atoms with van der Waals surface area (Å²) in [7, 11) is -4.02. The molecule has 0 aliphatic heterocycles. The van der Waals surface area contributed by atoms with Gasteiger partial charge in [0, 0.05) is 4.47 Å². The predicted octanol–water partition coefficient (Wildman–Crippen LogP) is 3.91. The van der Waals surface area contributed by atoms with Crippen molar-refractivity contribution in [1.29, 1.82) is 0 Å². The van der Waals surface area contributed by atoms with Gasteiger partial charge in [0.2, 0.25) is 0 Å². The van der Waals surface area contributed by atoms with Gasteiger partial charge >= 0.3 is 5.97 Å². The second kappa shape index (κ2) is 6.28. The van der Waals surface area contributed by atoms with Gasteiger partial charge in [-0.15, -0.1) is 0 Å². The topological polar surface area (TPSA) is 83.5 Å². The quantitative estimate of drug-likeness (QED) is 0.809. The van der Waals surface area contributed by atoms with Gasteiger partial charge in [0.1, 0.15) is 4.90 Å². The number of nitrogens with one attached hydrogen (secondary N) is 1. The van der Waals surface area contributed by atoms with Crippen molar-refractivity contribution < 1.29 is 18.3 Å². The molecule has 22 heavy (non-hydrogen) atoms. The van der Waals surface area contributed by atoms with E-state index in [1.54, 1.807) is 31.2 Å². The fraction of sp³-hybridized carbons (Fsp3) is 0.0714. The zero-order chi connectivity index (χ0) is 16.5. The number of anilines is 1. The Bertz CT molecular complexity index is 852. The monoisotopic (exact) mass is 403 g/mol. The molecule has 0 radical (unpaired) electrons. The molecule has 116 valence electrons. The Morgan fingerprint density at radius 3 is 2.50 bits per heavy atom. The summed E-state index contributed by atoms with van der Waals surface area (Å²) >= 11 is 9.27. The van der Waals surface area contributed by atoms with E-state index in [0.29, 0.717) is 15.7 Å². The van der Waals surface area contributed by atoms with Crippen molar-refractivity contribution >= 4 is 49.2 Å². The summed E-state index contributed by atoms with van der Waals surface area (Å²) in [4.78, 5) is 10.8. The molecule has 0 aromatic heterocycles. The second-order valence-electron chi connectivity index (χ2n) is 4.50. The molecule has 5 nitrogen and oxygen atoms in total. The summed E-state index contributed by atoms with van der Waals surface area (Å²) in [5, 5.41) is 9.05. The first-order valence-electron chi connectivity index (χ1n) is 6.03. The van der Waals surface area contributed by atoms with Crippen LogP contribution in [0.3, 0.4) is 0 Å². The first-order valence-corrected chi connectivity index (χ1v) is 8.68. The van der Waals surface area contributed by atoms with Crippen LogP contribution in [-0.2, 0) is 10.0 Å². The standard InChI is InChI=1S/C14H11BrClNO4S/c1-8-6-9(14(18)19)7-12(13(8)16)22(20,21)17-11-5-3-2-4-10(11)15/h2-7,17H,1H3,(H,18,19). The van der Waals surface area contributed by atoms with Crippen LogP contribution in [0.25, 0.3) is 0 Å². The molecule has 0 amide bonds. The van der Waals surface area contributed by atoms with E-state index in [2.05, 4.69) is 20.7 Å². The summed E-state index contributed by atoms with van der Waals surface area (Å²) in [6.07, 6.45) is 0. The minimum atomic E-state index is -4.02. The first kappa shape index (κ1) is 16.8. The number of hydrogen-bond acceptors (Lipinski definition) is 3. The molecule has 2 rings (SSSR count). The van der Waals surface area contributed by atoms with Gasteiger partial charge in [-0.05, 0) is 52.7 Å². The van der Waals surface area contributed by atoms with Gasteiger partial charge in [0.25, 0.3) is 10.0 Å². The molecule has 2 aromatic rings. The highest BCUT2D eigenvalue weighted by molar-refractivity contribution is 9.10. The average Bonchev–Trinajstić information content (AvgIpc) is 2.43. The molecule has 0 aliphatic carbocycles. The largest absolute Gasteiger partial charge is 0.478 e. The summed E-state index contributed by atoms with van der Waals surface area (Å²) in [6.45, 7) is 1.55.